The molecule has 0 aromatic carbocycles. The number of hydrogen-bond acceptors (Lipinski definition) is 4. The zero-order chi connectivity index (χ0) is 12.7. The van der Waals surface area contributed by atoms with Crippen LogP contribution in [0.15, 0.2) is 0 Å². The fourth-order valence-electron chi connectivity index (χ4n) is 2.12. The maximum absolute atomic E-state index is 12.1. The molecular formula is C12H23NO3S. The van der Waals surface area contributed by atoms with Gasteiger partial charge in [-0.05, 0) is 18.6 Å². The molecule has 0 radical (unpaired) electrons. The first-order chi connectivity index (χ1) is 8.22. The van der Waals surface area contributed by atoms with Crippen LogP contribution in [-0.4, -0.2) is 55.4 Å². The molecule has 0 aromatic heterocycles. The van der Waals surface area contributed by atoms with Gasteiger partial charge in [0.25, 0.3) is 5.91 Å². The summed E-state index contributed by atoms with van der Waals surface area (Å²) in [7, 11) is 3.00. The first kappa shape index (κ1) is 14.8. The summed E-state index contributed by atoms with van der Waals surface area (Å²) in [5.41, 5.74) is 0. The van der Waals surface area contributed by atoms with E-state index in [2.05, 4.69) is 6.92 Å². The summed E-state index contributed by atoms with van der Waals surface area (Å²) in [5, 5.41) is 0.556. The lowest BCUT2D eigenvalue weighted by atomic mass is 10.2. The molecule has 1 amide bonds. The lowest BCUT2D eigenvalue weighted by Gasteiger charge is -2.26. The van der Waals surface area contributed by atoms with Crippen molar-refractivity contribution < 1.29 is 14.3 Å². The van der Waals surface area contributed by atoms with Crippen molar-refractivity contribution in [2.24, 2.45) is 0 Å². The van der Waals surface area contributed by atoms with Gasteiger partial charge in [0.1, 0.15) is 0 Å². The third-order valence-electron chi connectivity index (χ3n) is 2.97. The van der Waals surface area contributed by atoms with Gasteiger partial charge in [0, 0.05) is 32.6 Å². The maximum atomic E-state index is 12.1. The van der Waals surface area contributed by atoms with Gasteiger partial charge in [-0.2, -0.15) is 11.8 Å². The van der Waals surface area contributed by atoms with E-state index in [-0.39, 0.29) is 5.91 Å². The number of nitrogens with zero attached hydrogens (tertiary/aromatic N) is 1. The van der Waals surface area contributed by atoms with Gasteiger partial charge >= 0.3 is 0 Å². The summed E-state index contributed by atoms with van der Waals surface area (Å²) >= 11 is 1.94. The van der Waals surface area contributed by atoms with Gasteiger partial charge in [0.05, 0.1) is 0 Å². The molecular weight excluding hydrogens is 238 g/mol. The summed E-state index contributed by atoms with van der Waals surface area (Å²) in [6, 6.07) is 0. The normalized spacial score (nSPS) is 21.6. The summed E-state index contributed by atoms with van der Waals surface area (Å²) in [6.45, 7) is 3.80. The molecule has 1 unspecified atom stereocenters. The highest BCUT2D eigenvalue weighted by Crippen LogP contribution is 2.22. The van der Waals surface area contributed by atoms with Gasteiger partial charge in [-0.15, -0.1) is 0 Å². The lowest BCUT2D eigenvalue weighted by Crippen LogP contribution is -2.43. The van der Waals surface area contributed by atoms with Crippen molar-refractivity contribution in [3.63, 3.8) is 0 Å². The van der Waals surface area contributed by atoms with E-state index >= 15 is 0 Å². The molecule has 4 nitrogen and oxygen atoms in total. The van der Waals surface area contributed by atoms with Crippen molar-refractivity contribution in [1.82, 2.24) is 4.90 Å². The highest BCUT2D eigenvalue weighted by molar-refractivity contribution is 7.99. The first-order valence-electron chi connectivity index (χ1n) is 6.18. The van der Waals surface area contributed by atoms with E-state index < -0.39 is 6.29 Å². The Morgan fingerprint density at radius 2 is 2.12 bits per heavy atom. The second-order valence-electron chi connectivity index (χ2n) is 4.16. The van der Waals surface area contributed by atoms with Crippen LogP contribution in [0.5, 0.6) is 0 Å². The number of carbonyl (C=O) groups is 1. The quantitative estimate of drug-likeness (QED) is 0.707. The first-order valence-corrected chi connectivity index (χ1v) is 7.23. The van der Waals surface area contributed by atoms with Gasteiger partial charge in [-0.3, -0.25) is 4.79 Å². The molecule has 0 saturated carbocycles. The minimum Gasteiger partial charge on any atom is -0.348 e. The third-order valence-corrected chi connectivity index (χ3v) is 4.16. The van der Waals surface area contributed by atoms with Gasteiger partial charge < -0.3 is 14.4 Å². The highest BCUT2D eigenvalue weighted by Gasteiger charge is 2.27. The Kier molecular flexibility index (Phi) is 6.92. The van der Waals surface area contributed by atoms with E-state index in [1.54, 1.807) is 0 Å². The molecule has 1 heterocycles. The average Bonchev–Trinajstić information content (AvgIpc) is 2.56. The van der Waals surface area contributed by atoms with Crippen LogP contribution in [0, 0.1) is 0 Å². The summed E-state index contributed by atoms with van der Waals surface area (Å²) < 4.78 is 10.1. The number of ether oxygens (including phenoxy) is 2. The molecule has 1 saturated heterocycles. The molecule has 0 bridgehead atoms. The molecule has 5 heteroatoms. The van der Waals surface area contributed by atoms with Gasteiger partial charge in [-0.1, -0.05) is 13.3 Å². The Hall–Kier alpha value is -0.260. The van der Waals surface area contributed by atoms with E-state index in [0.29, 0.717) is 5.25 Å². The van der Waals surface area contributed by atoms with E-state index in [4.69, 9.17) is 9.47 Å². The number of likely N-dealkylation sites (tertiary alicyclic amines) is 1. The zero-order valence-electron chi connectivity index (χ0n) is 11.0. The fraction of sp³-hybridized carbons (Fsp3) is 0.917. The van der Waals surface area contributed by atoms with Crippen molar-refractivity contribution in [3.8, 4) is 0 Å². The summed E-state index contributed by atoms with van der Waals surface area (Å²) in [5.74, 6) is 1.06. The van der Waals surface area contributed by atoms with Gasteiger partial charge in [0.2, 0.25) is 6.29 Å². The van der Waals surface area contributed by atoms with Crippen LogP contribution >= 0.6 is 11.8 Å². The molecule has 1 aliphatic heterocycles. The van der Waals surface area contributed by atoms with Crippen molar-refractivity contribution in [2.75, 3.05) is 33.1 Å². The SMILES string of the molecule is CCSC1CCCCN(C(=O)C(OC)OC)C1. The highest BCUT2D eigenvalue weighted by atomic mass is 32.2. The standard InChI is InChI=1S/C12H23NO3S/c1-4-17-10-7-5-6-8-13(9-10)11(14)12(15-2)16-3/h10,12H,4-9H2,1-3H3. The van der Waals surface area contributed by atoms with Crippen molar-refractivity contribution in [3.05, 3.63) is 0 Å². The number of hydrogen-bond donors (Lipinski definition) is 0. The zero-order valence-corrected chi connectivity index (χ0v) is 11.8. The van der Waals surface area contributed by atoms with E-state index in [1.165, 1.54) is 27.1 Å². The largest absolute Gasteiger partial charge is 0.348 e. The second-order valence-corrected chi connectivity index (χ2v) is 5.74. The minimum atomic E-state index is -0.750. The second kappa shape index (κ2) is 7.95. The third kappa shape index (κ3) is 4.48. The minimum absolute atomic E-state index is 0.0430. The van der Waals surface area contributed by atoms with Crippen LogP contribution in [-0.2, 0) is 14.3 Å². The van der Waals surface area contributed by atoms with Crippen LogP contribution in [0.2, 0.25) is 0 Å². The Bertz CT molecular complexity index is 234. The molecule has 1 fully saturated rings. The van der Waals surface area contributed by atoms with Crippen molar-refractivity contribution in [1.29, 1.82) is 0 Å². The predicted molar refractivity (Wildman–Crippen MR) is 70.2 cm³/mol. The number of amides is 1. The molecule has 1 aliphatic rings. The van der Waals surface area contributed by atoms with Crippen LogP contribution in [0.1, 0.15) is 26.2 Å². The molecule has 0 aromatic rings. The van der Waals surface area contributed by atoms with E-state index in [0.717, 1.165) is 25.3 Å². The average molecular weight is 261 g/mol. The molecule has 1 rings (SSSR count). The van der Waals surface area contributed by atoms with Crippen molar-refractivity contribution >= 4 is 17.7 Å². The number of rotatable bonds is 5. The van der Waals surface area contributed by atoms with Gasteiger partial charge in [0.15, 0.2) is 0 Å². The molecule has 0 aliphatic carbocycles. The number of thioether (sulfide) groups is 1. The number of methoxy groups -OCH3 is 2. The molecule has 0 spiro atoms. The molecule has 100 valence electrons. The molecule has 17 heavy (non-hydrogen) atoms. The van der Waals surface area contributed by atoms with Crippen molar-refractivity contribution in [2.45, 2.75) is 37.7 Å². The lowest BCUT2D eigenvalue weighted by molar-refractivity contribution is -0.170. The Balaban J connectivity index is 2.57. The topological polar surface area (TPSA) is 38.8 Å². The van der Waals surface area contributed by atoms with Crippen LogP contribution in [0.4, 0.5) is 0 Å². The summed E-state index contributed by atoms with van der Waals surface area (Å²) in [6.07, 6.45) is 2.73. The summed E-state index contributed by atoms with van der Waals surface area (Å²) in [4.78, 5) is 14.0. The maximum Gasteiger partial charge on any atom is 0.279 e. The predicted octanol–water partition coefficient (Wildman–Crippen LogP) is 1.74. The van der Waals surface area contributed by atoms with Gasteiger partial charge in [-0.25, -0.2) is 0 Å². The van der Waals surface area contributed by atoms with Crippen LogP contribution < -0.4 is 0 Å². The Labute approximate surface area is 108 Å². The molecule has 1 atom stereocenters. The monoisotopic (exact) mass is 261 g/mol. The molecule has 0 N–H and O–H groups in total. The van der Waals surface area contributed by atoms with Crippen LogP contribution in [0.3, 0.4) is 0 Å². The fourth-order valence-corrected chi connectivity index (χ4v) is 3.21. The van der Waals surface area contributed by atoms with E-state index in [1.807, 2.05) is 16.7 Å². The van der Waals surface area contributed by atoms with Crippen LogP contribution in [0.25, 0.3) is 0 Å². The Morgan fingerprint density at radius 3 is 2.71 bits per heavy atom. The number of carbonyl (C=O) groups excluding carboxylic acids is 1. The van der Waals surface area contributed by atoms with E-state index in [9.17, 15) is 4.79 Å². The Morgan fingerprint density at radius 1 is 1.41 bits per heavy atom. The smallest absolute Gasteiger partial charge is 0.279 e.